The third kappa shape index (κ3) is 5.09. The van der Waals surface area contributed by atoms with Gasteiger partial charge in [-0.25, -0.2) is 13.2 Å². The lowest BCUT2D eigenvalue weighted by molar-refractivity contribution is 0.126. The molecule has 1 aromatic carbocycles. The Bertz CT molecular complexity index is 1130. The number of anilines is 1. The zero-order chi connectivity index (χ0) is 21.0. The Hall–Kier alpha value is -2.99. The van der Waals surface area contributed by atoms with E-state index in [1.807, 2.05) is 4.90 Å². The summed E-state index contributed by atoms with van der Waals surface area (Å²) in [6.07, 6.45) is 2.32. The van der Waals surface area contributed by atoms with Gasteiger partial charge in [0, 0.05) is 37.4 Å². The van der Waals surface area contributed by atoms with Crippen LogP contribution in [0.15, 0.2) is 58.1 Å². The first-order valence-electron chi connectivity index (χ1n) is 8.48. The molecule has 1 saturated heterocycles. The summed E-state index contributed by atoms with van der Waals surface area (Å²) in [6, 6.07) is 9.27. The molecular weight excluding hydrogens is 420 g/mol. The van der Waals surface area contributed by atoms with E-state index in [1.165, 1.54) is 24.3 Å². The lowest BCUT2D eigenvalue weighted by Gasteiger charge is -2.38. The quantitative estimate of drug-likeness (QED) is 0.697. The third-order valence-electron chi connectivity index (χ3n) is 4.27. The molecule has 1 aromatic heterocycles. The van der Waals surface area contributed by atoms with Crippen LogP contribution in [0.2, 0.25) is 0 Å². The summed E-state index contributed by atoms with van der Waals surface area (Å²) in [6.45, 7) is 0.665. The van der Waals surface area contributed by atoms with E-state index in [2.05, 4.69) is 9.35 Å². The van der Waals surface area contributed by atoms with Crippen molar-refractivity contribution >= 4 is 32.1 Å². The highest BCUT2D eigenvalue weighted by Crippen LogP contribution is 2.25. The van der Waals surface area contributed by atoms with Crippen LogP contribution < -0.4 is 9.64 Å². The van der Waals surface area contributed by atoms with Crippen molar-refractivity contribution < 1.29 is 26.4 Å². The van der Waals surface area contributed by atoms with Gasteiger partial charge in [-0.2, -0.15) is 8.42 Å². The van der Waals surface area contributed by atoms with Gasteiger partial charge in [-0.3, -0.25) is 9.88 Å². The Labute approximate surface area is 169 Å². The molecule has 154 valence electrons. The van der Waals surface area contributed by atoms with Gasteiger partial charge in [0.2, 0.25) is 0 Å². The number of carbonyl (C=O) groups is 1. The molecule has 1 fully saturated rings. The largest absolute Gasteiger partial charge is 0.417 e. The fraction of sp³-hybridized carbons (Fsp3) is 0.294. The number of rotatable bonds is 4. The monoisotopic (exact) mass is 438 g/mol. The van der Waals surface area contributed by atoms with Crippen LogP contribution in [-0.4, -0.2) is 64.9 Å². The molecule has 0 saturated carbocycles. The SMILES string of the molecule is CS(=O)(=O)c1ccccc1OC(=O)N1CCN(c2ccncc2)CC1N=S(=O)=O. The molecule has 12 heteroatoms. The van der Waals surface area contributed by atoms with Crippen molar-refractivity contribution in [3.63, 3.8) is 0 Å². The van der Waals surface area contributed by atoms with Crippen LogP contribution in [0, 0.1) is 0 Å². The van der Waals surface area contributed by atoms with Crippen molar-refractivity contribution in [2.24, 2.45) is 4.36 Å². The minimum atomic E-state index is -3.62. The van der Waals surface area contributed by atoms with Gasteiger partial charge in [0.15, 0.2) is 21.8 Å². The molecule has 10 nitrogen and oxygen atoms in total. The number of benzene rings is 1. The number of hydrogen-bond donors (Lipinski definition) is 0. The maximum Gasteiger partial charge on any atom is 0.417 e. The van der Waals surface area contributed by atoms with E-state index in [1.54, 1.807) is 24.5 Å². The Balaban J connectivity index is 1.84. The van der Waals surface area contributed by atoms with Gasteiger partial charge in [-0.15, -0.1) is 4.36 Å². The van der Waals surface area contributed by atoms with Gasteiger partial charge < -0.3 is 9.64 Å². The Morgan fingerprint density at radius 2 is 1.86 bits per heavy atom. The maximum absolute atomic E-state index is 12.7. The number of nitrogens with zero attached hydrogens (tertiary/aromatic N) is 4. The number of piperazine rings is 1. The zero-order valence-electron chi connectivity index (χ0n) is 15.4. The Morgan fingerprint density at radius 1 is 1.17 bits per heavy atom. The predicted molar refractivity (Wildman–Crippen MR) is 104 cm³/mol. The van der Waals surface area contributed by atoms with E-state index in [4.69, 9.17) is 4.74 Å². The van der Waals surface area contributed by atoms with Gasteiger partial charge in [0.05, 0.1) is 6.54 Å². The fourth-order valence-electron chi connectivity index (χ4n) is 2.95. The number of amides is 1. The summed E-state index contributed by atoms with van der Waals surface area (Å²) in [7, 11) is -6.37. The van der Waals surface area contributed by atoms with E-state index in [0.717, 1.165) is 16.8 Å². The van der Waals surface area contributed by atoms with Crippen molar-refractivity contribution in [1.82, 2.24) is 9.88 Å². The predicted octanol–water partition coefficient (Wildman–Crippen LogP) is 1.19. The normalized spacial score (nSPS) is 16.9. The summed E-state index contributed by atoms with van der Waals surface area (Å²) >= 11 is 0. The molecule has 2 heterocycles. The lowest BCUT2D eigenvalue weighted by atomic mass is 10.2. The van der Waals surface area contributed by atoms with E-state index in [0.29, 0.717) is 6.54 Å². The second kappa shape index (κ2) is 8.57. The highest BCUT2D eigenvalue weighted by molar-refractivity contribution is 7.90. The number of para-hydroxylation sites is 1. The zero-order valence-corrected chi connectivity index (χ0v) is 17.0. The molecule has 0 aliphatic carbocycles. The average molecular weight is 438 g/mol. The van der Waals surface area contributed by atoms with Crippen molar-refractivity contribution in [3.8, 4) is 5.75 Å². The number of hydrogen-bond acceptors (Lipinski definition) is 9. The van der Waals surface area contributed by atoms with Crippen LogP contribution in [0.25, 0.3) is 0 Å². The van der Waals surface area contributed by atoms with Gasteiger partial charge in [0.1, 0.15) is 4.90 Å². The summed E-state index contributed by atoms with van der Waals surface area (Å²) in [5, 5.41) is 0. The minimum Gasteiger partial charge on any atom is -0.409 e. The number of pyridine rings is 1. The molecular formula is C17H18N4O6S2. The summed E-state index contributed by atoms with van der Waals surface area (Å²) in [4.78, 5) is 19.5. The molecule has 0 N–H and O–H groups in total. The van der Waals surface area contributed by atoms with Gasteiger partial charge in [0.25, 0.3) is 0 Å². The molecule has 1 aliphatic heterocycles. The molecule has 1 aliphatic rings. The molecule has 1 amide bonds. The molecule has 0 bridgehead atoms. The van der Waals surface area contributed by atoms with Crippen LogP contribution in [0.5, 0.6) is 5.75 Å². The maximum atomic E-state index is 12.7. The number of ether oxygens (including phenoxy) is 1. The molecule has 1 unspecified atom stereocenters. The summed E-state index contributed by atoms with van der Waals surface area (Å²) < 4.78 is 55.0. The standard InChI is InChI=1S/C17H18N4O6S2/c1-29(25,26)15-5-3-2-4-14(15)27-17(22)21-11-10-20(12-16(21)19-28(23)24)13-6-8-18-9-7-13/h2-9,16H,10-12H2,1H3. The third-order valence-corrected chi connectivity index (χ3v) is 5.82. The fourth-order valence-corrected chi connectivity index (χ4v) is 4.13. The smallest absolute Gasteiger partial charge is 0.409 e. The molecule has 2 aromatic rings. The van der Waals surface area contributed by atoms with E-state index < -0.39 is 32.6 Å². The van der Waals surface area contributed by atoms with Crippen LogP contribution in [0.3, 0.4) is 0 Å². The molecule has 0 spiro atoms. The van der Waals surface area contributed by atoms with Gasteiger partial charge in [-0.05, 0) is 24.3 Å². The van der Waals surface area contributed by atoms with Crippen molar-refractivity contribution in [2.45, 2.75) is 11.1 Å². The Morgan fingerprint density at radius 3 is 2.52 bits per heavy atom. The lowest BCUT2D eigenvalue weighted by Crippen LogP contribution is -2.55. The van der Waals surface area contributed by atoms with E-state index in [-0.39, 0.29) is 23.7 Å². The molecule has 29 heavy (non-hydrogen) atoms. The topological polar surface area (TPSA) is 126 Å². The van der Waals surface area contributed by atoms with Crippen molar-refractivity contribution in [3.05, 3.63) is 48.8 Å². The van der Waals surface area contributed by atoms with Crippen LogP contribution >= 0.6 is 0 Å². The number of aromatic nitrogens is 1. The first kappa shape index (κ1) is 20.7. The highest BCUT2D eigenvalue weighted by Gasteiger charge is 2.33. The summed E-state index contributed by atoms with van der Waals surface area (Å²) in [5.41, 5.74) is 0.812. The van der Waals surface area contributed by atoms with Crippen molar-refractivity contribution in [1.29, 1.82) is 0 Å². The van der Waals surface area contributed by atoms with E-state index >= 15 is 0 Å². The first-order valence-corrected chi connectivity index (χ1v) is 11.4. The van der Waals surface area contributed by atoms with Crippen LogP contribution in [-0.2, 0) is 20.3 Å². The number of carbonyl (C=O) groups excluding carboxylic acids is 1. The number of sulfone groups is 1. The second-order valence-corrected chi connectivity index (χ2v) is 8.86. The molecule has 0 radical (unpaired) electrons. The van der Waals surface area contributed by atoms with Gasteiger partial charge in [-0.1, -0.05) is 12.1 Å². The van der Waals surface area contributed by atoms with Crippen LogP contribution in [0.1, 0.15) is 0 Å². The Kier molecular flexibility index (Phi) is 6.13. The highest BCUT2D eigenvalue weighted by atomic mass is 32.2. The van der Waals surface area contributed by atoms with Gasteiger partial charge >= 0.3 is 16.6 Å². The van der Waals surface area contributed by atoms with E-state index in [9.17, 15) is 21.6 Å². The van der Waals surface area contributed by atoms with Crippen LogP contribution in [0.4, 0.5) is 10.5 Å². The second-order valence-electron chi connectivity index (χ2n) is 6.23. The average Bonchev–Trinajstić information content (AvgIpc) is 2.67. The summed E-state index contributed by atoms with van der Waals surface area (Å²) in [5.74, 6) is -0.126. The minimum absolute atomic E-state index is 0.126. The van der Waals surface area contributed by atoms with Crippen molar-refractivity contribution in [2.75, 3.05) is 30.8 Å². The molecule has 1 atom stereocenters. The molecule has 3 rings (SSSR count). The first-order chi connectivity index (χ1) is 13.8.